The molecule has 3 heterocycles. The Morgan fingerprint density at radius 3 is 3.33 bits per heavy atom. The van der Waals surface area contributed by atoms with Crippen molar-refractivity contribution in [1.29, 1.82) is 0 Å². The van der Waals surface area contributed by atoms with Gasteiger partial charge in [-0.15, -0.1) is 0 Å². The molecule has 0 saturated heterocycles. The smallest absolute Gasteiger partial charge is 0.331 e. The molecule has 1 aliphatic heterocycles. The monoisotopic (exact) mass is 225 g/mol. The van der Waals surface area contributed by atoms with Gasteiger partial charge < -0.3 is 9.72 Å². The zero-order valence-corrected chi connectivity index (χ0v) is 8.54. The second kappa shape index (κ2) is 3.08. The van der Waals surface area contributed by atoms with Crippen LogP contribution in [-0.4, -0.2) is 21.0 Å². The zero-order valence-electron chi connectivity index (χ0n) is 7.79. The first kappa shape index (κ1) is 8.94. The number of fused-ring (bicyclic) bond motifs is 3. The molecule has 0 spiro atoms. The van der Waals surface area contributed by atoms with Gasteiger partial charge in [0.1, 0.15) is 5.02 Å². The van der Waals surface area contributed by atoms with E-state index in [4.69, 9.17) is 16.3 Å². The van der Waals surface area contributed by atoms with Gasteiger partial charge in [0.05, 0.1) is 24.6 Å². The molecule has 0 fully saturated rings. The molecule has 2 aromatic heterocycles. The number of ether oxygens (including phenoxy) is 1. The van der Waals surface area contributed by atoms with Crippen molar-refractivity contribution >= 4 is 17.2 Å². The highest BCUT2D eigenvalue weighted by Gasteiger charge is 2.19. The van der Waals surface area contributed by atoms with Gasteiger partial charge in [-0.2, -0.15) is 0 Å². The maximum atomic E-state index is 11.6. The third-order valence-corrected chi connectivity index (χ3v) is 2.79. The molecule has 0 amide bonds. The van der Waals surface area contributed by atoms with Crippen LogP contribution in [0.25, 0.3) is 5.65 Å². The van der Waals surface area contributed by atoms with Gasteiger partial charge in [0, 0.05) is 12.6 Å². The van der Waals surface area contributed by atoms with Crippen LogP contribution in [-0.2, 0) is 17.8 Å². The van der Waals surface area contributed by atoms with Crippen LogP contribution in [0.15, 0.2) is 11.0 Å². The van der Waals surface area contributed by atoms with E-state index in [1.54, 1.807) is 0 Å². The predicted molar refractivity (Wildman–Crippen MR) is 54.2 cm³/mol. The lowest BCUT2D eigenvalue weighted by molar-refractivity contribution is 0.107. The number of hydrogen-bond acceptors (Lipinski definition) is 3. The number of H-pyrrole nitrogens is 1. The van der Waals surface area contributed by atoms with Crippen molar-refractivity contribution in [2.75, 3.05) is 6.61 Å². The molecule has 0 saturated carbocycles. The Bertz CT molecular complexity index is 587. The highest BCUT2D eigenvalue weighted by Crippen LogP contribution is 2.20. The Hall–Kier alpha value is -1.33. The van der Waals surface area contributed by atoms with Crippen LogP contribution in [0.3, 0.4) is 0 Å². The topological polar surface area (TPSA) is 59.4 Å². The normalized spacial score (nSPS) is 15.5. The Kier molecular flexibility index (Phi) is 1.83. The number of rotatable bonds is 0. The Labute approximate surface area is 89.7 Å². The van der Waals surface area contributed by atoms with Crippen LogP contribution in [0.2, 0.25) is 5.02 Å². The van der Waals surface area contributed by atoms with Crippen LogP contribution < -0.4 is 5.69 Å². The fraction of sp³-hybridized carbons (Fsp3) is 0.333. The largest absolute Gasteiger partial charge is 0.375 e. The van der Waals surface area contributed by atoms with E-state index in [0.717, 1.165) is 11.4 Å². The number of aromatic nitrogens is 3. The van der Waals surface area contributed by atoms with E-state index in [1.807, 2.05) is 0 Å². The number of nitrogens with zero attached hydrogens (tertiary/aromatic N) is 2. The minimum Gasteiger partial charge on any atom is -0.375 e. The van der Waals surface area contributed by atoms with Gasteiger partial charge in [-0.1, -0.05) is 11.6 Å². The lowest BCUT2D eigenvalue weighted by atomic mass is 10.2. The summed E-state index contributed by atoms with van der Waals surface area (Å²) < 4.78 is 6.80. The fourth-order valence-electron chi connectivity index (χ4n) is 1.84. The van der Waals surface area contributed by atoms with Crippen LogP contribution in [0.5, 0.6) is 0 Å². The molecule has 0 unspecified atom stereocenters. The van der Waals surface area contributed by atoms with Gasteiger partial charge in [0.2, 0.25) is 0 Å². The second-order valence-corrected chi connectivity index (χ2v) is 3.82. The van der Waals surface area contributed by atoms with E-state index in [1.165, 1.54) is 10.6 Å². The first-order valence-electron chi connectivity index (χ1n) is 4.62. The molecule has 15 heavy (non-hydrogen) atoms. The van der Waals surface area contributed by atoms with E-state index in [2.05, 4.69) is 9.97 Å². The lowest BCUT2D eigenvalue weighted by Gasteiger charge is -2.10. The summed E-state index contributed by atoms with van der Waals surface area (Å²) in [6, 6.07) is 0. The molecule has 2 aromatic rings. The van der Waals surface area contributed by atoms with Gasteiger partial charge in [-0.3, -0.25) is 0 Å². The van der Waals surface area contributed by atoms with Crippen LogP contribution in [0.4, 0.5) is 0 Å². The van der Waals surface area contributed by atoms with Gasteiger partial charge >= 0.3 is 5.69 Å². The molecule has 1 N–H and O–H groups in total. The number of hydrogen-bond donors (Lipinski definition) is 1. The lowest BCUT2D eigenvalue weighted by Crippen LogP contribution is -2.20. The molecule has 0 aliphatic carbocycles. The molecule has 1 aliphatic rings. The van der Waals surface area contributed by atoms with Crippen molar-refractivity contribution in [3.8, 4) is 0 Å². The summed E-state index contributed by atoms with van der Waals surface area (Å²) in [7, 11) is 0. The summed E-state index contributed by atoms with van der Waals surface area (Å²) >= 11 is 5.95. The Balaban J connectivity index is 2.46. The maximum Gasteiger partial charge on any atom is 0.331 e. The van der Waals surface area contributed by atoms with E-state index >= 15 is 0 Å². The Morgan fingerprint density at radius 1 is 1.60 bits per heavy atom. The highest BCUT2D eigenvalue weighted by molar-refractivity contribution is 6.33. The average Bonchev–Trinajstić information content (AvgIpc) is 2.64. The first-order chi connectivity index (χ1) is 7.27. The molecule has 5 nitrogen and oxygen atoms in total. The third-order valence-electron chi connectivity index (χ3n) is 2.52. The van der Waals surface area contributed by atoms with Crippen molar-refractivity contribution < 1.29 is 4.74 Å². The van der Waals surface area contributed by atoms with Crippen molar-refractivity contribution in [2.45, 2.75) is 13.0 Å². The standard InChI is InChI=1S/C9H8ClN3O2/c10-5-3-11-9(14)13-7-1-2-15-4-6(7)12-8(5)13/h3H,1-2,4H2,(H,11,14). The van der Waals surface area contributed by atoms with Gasteiger partial charge in [0.25, 0.3) is 0 Å². The van der Waals surface area contributed by atoms with Crippen molar-refractivity contribution in [2.24, 2.45) is 0 Å². The SMILES string of the molecule is O=c1[nH]cc(Cl)c2nc3c(n12)CCOC3. The van der Waals surface area contributed by atoms with Crippen molar-refractivity contribution in [3.63, 3.8) is 0 Å². The van der Waals surface area contributed by atoms with Crippen molar-refractivity contribution in [3.05, 3.63) is 33.1 Å². The summed E-state index contributed by atoms with van der Waals surface area (Å²) in [5, 5.41) is 0.448. The van der Waals surface area contributed by atoms with Crippen molar-refractivity contribution in [1.82, 2.24) is 14.4 Å². The van der Waals surface area contributed by atoms with Gasteiger partial charge in [0.15, 0.2) is 5.65 Å². The molecule has 0 bridgehead atoms. The van der Waals surface area contributed by atoms with Crippen LogP contribution >= 0.6 is 11.6 Å². The number of nitrogens with one attached hydrogen (secondary N) is 1. The van der Waals surface area contributed by atoms with E-state index in [9.17, 15) is 4.79 Å². The maximum absolute atomic E-state index is 11.6. The molecule has 3 rings (SSSR count). The molecular formula is C9H8ClN3O2. The molecular weight excluding hydrogens is 218 g/mol. The summed E-state index contributed by atoms with van der Waals surface area (Å²) in [5.74, 6) is 0. The minimum absolute atomic E-state index is 0.204. The Morgan fingerprint density at radius 2 is 2.47 bits per heavy atom. The third kappa shape index (κ3) is 1.20. The second-order valence-electron chi connectivity index (χ2n) is 3.41. The highest BCUT2D eigenvalue weighted by atomic mass is 35.5. The molecule has 0 atom stereocenters. The number of aromatic amines is 1. The summed E-state index contributed by atoms with van der Waals surface area (Å²) in [5.41, 5.74) is 2.01. The summed E-state index contributed by atoms with van der Waals surface area (Å²) in [4.78, 5) is 18.5. The van der Waals surface area contributed by atoms with E-state index in [0.29, 0.717) is 30.3 Å². The molecule has 6 heteroatoms. The number of imidazole rings is 1. The predicted octanol–water partition coefficient (Wildman–Crippen LogP) is 0.749. The van der Waals surface area contributed by atoms with Gasteiger partial charge in [-0.05, 0) is 0 Å². The zero-order chi connectivity index (χ0) is 10.4. The molecule has 0 aromatic carbocycles. The quantitative estimate of drug-likeness (QED) is 0.720. The van der Waals surface area contributed by atoms with Crippen LogP contribution in [0.1, 0.15) is 11.4 Å². The van der Waals surface area contributed by atoms with Gasteiger partial charge in [-0.25, -0.2) is 14.2 Å². The number of halogens is 1. The van der Waals surface area contributed by atoms with E-state index in [-0.39, 0.29) is 5.69 Å². The van der Waals surface area contributed by atoms with E-state index < -0.39 is 0 Å². The molecule has 78 valence electrons. The first-order valence-corrected chi connectivity index (χ1v) is 5.00. The summed E-state index contributed by atoms with van der Waals surface area (Å²) in [6.45, 7) is 1.07. The summed E-state index contributed by atoms with van der Waals surface area (Å²) in [6.07, 6.45) is 2.15. The average molecular weight is 226 g/mol. The minimum atomic E-state index is -0.204. The van der Waals surface area contributed by atoms with Crippen LogP contribution in [0, 0.1) is 0 Å². The fourth-order valence-corrected chi connectivity index (χ4v) is 2.02. The molecule has 0 radical (unpaired) electrons.